The summed E-state index contributed by atoms with van der Waals surface area (Å²) in [5.74, 6) is -0.510. The van der Waals surface area contributed by atoms with Crippen LogP contribution in [-0.4, -0.2) is 25.3 Å². The van der Waals surface area contributed by atoms with Crippen LogP contribution in [0.2, 0.25) is 5.02 Å². The van der Waals surface area contributed by atoms with Crippen LogP contribution in [-0.2, 0) is 9.47 Å². The van der Waals surface area contributed by atoms with Crippen molar-refractivity contribution < 1.29 is 19.1 Å². The van der Waals surface area contributed by atoms with Crippen molar-refractivity contribution in [2.24, 2.45) is 5.73 Å². The lowest BCUT2D eigenvalue weighted by atomic mass is 10.2. The van der Waals surface area contributed by atoms with Crippen molar-refractivity contribution in [1.29, 1.82) is 0 Å². The van der Waals surface area contributed by atoms with E-state index in [4.69, 9.17) is 22.1 Å². The van der Waals surface area contributed by atoms with Gasteiger partial charge in [-0.3, -0.25) is 0 Å². The van der Waals surface area contributed by atoms with E-state index in [-0.39, 0.29) is 13.2 Å². The largest absolute Gasteiger partial charge is 0.458 e. The summed E-state index contributed by atoms with van der Waals surface area (Å²) in [7, 11) is 0. The Morgan fingerprint density at radius 2 is 1.69 bits per heavy atom. The van der Waals surface area contributed by atoms with Crippen LogP contribution in [0.1, 0.15) is 10.4 Å². The summed E-state index contributed by atoms with van der Waals surface area (Å²) in [4.78, 5) is 21.6. The van der Waals surface area contributed by atoms with Crippen LogP contribution < -0.4 is 5.73 Å². The molecule has 86 valence electrons. The summed E-state index contributed by atoms with van der Waals surface area (Å²) in [6, 6.07) is 6.25. The molecule has 16 heavy (non-hydrogen) atoms. The number of esters is 1. The molecule has 0 heterocycles. The first-order valence-corrected chi connectivity index (χ1v) is 4.82. The minimum absolute atomic E-state index is 0.0373. The maximum absolute atomic E-state index is 11.4. The minimum atomic E-state index is -0.900. The first kappa shape index (κ1) is 12.3. The highest BCUT2D eigenvalue weighted by Gasteiger charge is 2.06. The second-order valence-electron chi connectivity index (χ2n) is 2.81. The summed E-state index contributed by atoms with van der Waals surface area (Å²) in [6.45, 7) is -0.0982. The van der Waals surface area contributed by atoms with Crippen molar-refractivity contribution in [1.82, 2.24) is 0 Å². The third-order valence-electron chi connectivity index (χ3n) is 1.64. The molecule has 0 unspecified atom stereocenters. The van der Waals surface area contributed by atoms with Crippen molar-refractivity contribution in [3.05, 3.63) is 34.9 Å². The van der Waals surface area contributed by atoms with Crippen LogP contribution in [0.3, 0.4) is 0 Å². The summed E-state index contributed by atoms with van der Waals surface area (Å²) < 4.78 is 9.19. The molecule has 0 saturated heterocycles. The van der Waals surface area contributed by atoms with E-state index >= 15 is 0 Å². The number of primary amides is 1. The number of halogens is 1. The third-order valence-corrected chi connectivity index (χ3v) is 1.89. The fraction of sp³-hybridized carbons (Fsp3) is 0.200. The highest BCUT2D eigenvalue weighted by molar-refractivity contribution is 6.30. The van der Waals surface area contributed by atoms with Gasteiger partial charge in [0.25, 0.3) is 0 Å². The number of ether oxygens (including phenoxy) is 2. The Morgan fingerprint density at radius 3 is 2.25 bits per heavy atom. The van der Waals surface area contributed by atoms with Crippen LogP contribution in [0.5, 0.6) is 0 Å². The van der Waals surface area contributed by atoms with E-state index in [1.165, 1.54) is 0 Å². The molecule has 1 amide bonds. The molecule has 0 bridgehead atoms. The Labute approximate surface area is 97.1 Å². The second-order valence-corrected chi connectivity index (χ2v) is 3.25. The van der Waals surface area contributed by atoms with Gasteiger partial charge in [0.05, 0.1) is 5.56 Å². The molecule has 0 aromatic heterocycles. The molecule has 5 nitrogen and oxygen atoms in total. The number of carbonyl (C=O) groups is 2. The van der Waals surface area contributed by atoms with Gasteiger partial charge >= 0.3 is 12.1 Å². The first-order valence-electron chi connectivity index (χ1n) is 4.44. The predicted octanol–water partition coefficient (Wildman–Crippen LogP) is 1.59. The fourth-order valence-electron chi connectivity index (χ4n) is 0.946. The molecule has 0 aliphatic rings. The van der Waals surface area contributed by atoms with Crippen LogP contribution in [0.15, 0.2) is 24.3 Å². The molecule has 0 fully saturated rings. The van der Waals surface area contributed by atoms with Crippen LogP contribution >= 0.6 is 11.6 Å². The normalized spacial score (nSPS) is 9.56. The third kappa shape index (κ3) is 4.18. The topological polar surface area (TPSA) is 78.6 Å². The highest BCUT2D eigenvalue weighted by Crippen LogP contribution is 2.10. The smallest absolute Gasteiger partial charge is 0.404 e. The molecule has 6 heteroatoms. The Hall–Kier alpha value is -1.75. The zero-order valence-electron chi connectivity index (χ0n) is 8.31. The zero-order valence-corrected chi connectivity index (χ0v) is 9.07. The molecule has 1 aromatic carbocycles. The second kappa shape index (κ2) is 5.97. The number of carbonyl (C=O) groups excluding carboxylic acids is 2. The number of amides is 1. The van der Waals surface area contributed by atoms with Gasteiger partial charge in [-0.05, 0) is 24.3 Å². The van der Waals surface area contributed by atoms with Gasteiger partial charge in [-0.1, -0.05) is 11.6 Å². The molecule has 1 rings (SSSR count). The van der Waals surface area contributed by atoms with E-state index in [9.17, 15) is 9.59 Å². The fourth-order valence-corrected chi connectivity index (χ4v) is 1.07. The van der Waals surface area contributed by atoms with Gasteiger partial charge < -0.3 is 15.2 Å². The number of nitrogens with two attached hydrogens (primary N) is 1. The SMILES string of the molecule is NC(=O)OCCOC(=O)c1ccc(Cl)cc1. The van der Waals surface area contributed by atoms with Gasteiger partial charge in [0, 0.05) is 5.02 Å². The Balaban J connectivity index is 2.35. The minimum Gasteiger partial charge on any atom is -0.458 e. The van der Waals surface area contributed by atoms with Gasteiger partial charge in [0.2, 0.25) is 0 Å². The predicted molar refractivity (Wildman–Crippen MR) is 57.3 cm³/mol. The van der Waals surface area contributed by atoms with Crippen molar-refractivity contribution >= 4 is 23.7 Å². The number of benzene rings is 1. The monoisotopic (exact) mass is 243 g/mol. The Kier molecular flexibility index (Phi) is 4.60. The van der Waals surface area contributed by atoms with E-state index in [1.807, 2.05) is 0 Å². The van der Waals surface area contributed by atoms with Crippen molar-refractivity contribution in [3.8, 4) is 0 Å². The molecule has 2 N–H and O–H groups in total. The molecule has 0 spiro atoms. The Morgan fingerprint density at radius 1 is 1.12 bits per heavy atom. The molecule has 0 radical (unpaired) electrons. The van der Waals surface area contributed by atoms with Gasteiger partial charge in [-0.2, -0.15) is 0 Å². The Bertz CT molecular complexity index is 377. The van der Waals surface area contributed by atoms with E-state index in [0.29, 0.717) is 10.6 Å². The van der Waals surface area contributed by atoms with Crippen molar-refractivity contribution in [2.75, 3.05) is 13.2 Å². The molecule has 0 saturated carbocycles. The van der Waals surface area contributed by atoms with Gasteiger partial charge in [0.1, 0.15) is 13.2 Å². The average molecular weight is 244 g/mol. The number of rotatable bonds is 4. The quantitative estimate of drug-likeness (QED) is 0.643. The lowest BCUT2D eigenvalue weighted by Crippen LogP contribution is -2.18. The molecular formula is C10H10ClNO4. The lowest BCUT2D eigenvalue weighted by molar-refractivity contribution is 0.0408. The van der Waals surface area contributed by atoms with Gasteiger partial charge in [-0.15, -0.1) is 0 Å². The standard InChI is InChI=1S/C10H10ClNO4/c11-8-3-1-7(2-4-8)9(13)15-5-6-16-10(12)14/h1-4H,5-6H2,(H2,12,14). The van der Waals surface area contributed by atoms with E-state index in [2.05, 4.69) is 4.74 Å². The summed E-state index contributed by atoms with van der Waals surface area (Å²) in [6.07, 6.45) is -0.900. The number of hydrogen-bond donors (Lipinski definition) is 1. The first-order chi connectivity index (χ1) is 7.59. The number of hydrogen-bond acceptors (Lipinski definition) is 4. The molecule has 1 aromatic rings. The summed E-state index contributed by atoms with van der Waals surface area (Å²) in [5.41, 5.74) is 5.10. The average Bonchev–Trinajstić information content (AvgIpc) is 2.25. The van der Waals surface area contributed by atoms with Crippen LogP contribution in [0, 0.1) is 0 Å². The maximum atomic E-state index is 11.4. The summed E-state index contributed by atoms with van der Waals surface area (Å²) >= 11 is 5.65. The molecule has 0 aliphatic carbocycles. The van der Waals surface area contributed by atoms with Crippen molar-refractivity contribution in [2.45, 2.75) is 0 Å². The molecule has 0 atom stereocenters. The van der Waals surface area contributed by atoms with E-state index in [1.54, 1.807) is 24.3 Å². The van der Waals surface area contributed by atoms with Gasteiger partial charge in [-0.25, -0.2) is 9.59 Å². The highest BCUT2D eigenvalue weighted by atomic mass is 35.5. The van der Waals surface area contributed by atoms with Crippen molar-refractivity contribution in [3.63, 3.8) is 0 Å². The lowest BCUT2D eigenvalue weighted by Gasteiger charge is -2.04. The van der Waals surface area contributed by atoms with Crippen LogP contribution in [0.4, 0.5) is 4.79 Å². The van der Waals surface area contributed by atoms with Gasteiger partial charge in [0.15, 0.2) is 0 Å². The van der Waals surface area contributed by atoms with E-state index < -0.39 is 12.1 Å². The summed E-state index contributed by atoms with van der Waals surface area (Å²) in [5, 5.41) is 0.536. The van der Waals surface area contributed by atoms with E-state index in [0.717, 1.165) is 0 Å². The zero-order chi connectivity index (χ0) is 12.0. The molecular weight excluding hydrogens is 234 g/mol. The maximum Gasteiger partial charge on any atom is 0.404 e. The van der Waals surface area contributed by atoms with Crippen LogP contribution in [0.25, 0.3) is 0 Å². The molecule has 0 aliphatic heterocycles.